The molecule has 220 valence electrons. The maximum Gasteiger partial charge on any atom is 0.247 e. The Morgan fingerprint density at radius 1 is 0.558 bits per heavy atom. The molecule has 0 aliphatic carbocycles. The second-order valence-electron chi connectivity index (χ2n) is 11.1. The summed E-state index contributed by atoms with van der Waals surface area (Å²) in [5.41, 5.74) is 12.2. The van der Waals surface area contributed by atoms with Gasteiger partial charge in [-0.05, 0) is 23.3 Å². The van der Waals surface area contributed by atoms with E-state index in [2.05, 4.69) is 96.6 Å². The van der Waals surface area contributed by atoms with Crippen molar-refractivity contribution in [1.29, 1.82) is 0 Å². The van der Waals surface area contributed by atoms with Crippen LogP contribution in [0, 0.1) is 0 Å². The van der Waals surface area contributed by atoms with Gasteiger partial charge in [-0.1, -0.05) is 78.9 Å². The number of nitrogens with one attached hydrogen (secondary N) is 3. The van der Waals surface area contributed by atoms with Crippen LogP contribution in [0.15, 0.2) is 107 Å². The summed E-state index contributed by atoms with van der Waals surface area (Å²) in [6.45, 7) is 5.91. The molecule has 3 heterocycles. The number of para-hydroxylation sites is 1. The van der Waals surface area contributed by atoms with Crippen LogP contribution in [-0.4, -0.2) is 57.4 Å². The van der Waals surface area contributed by atoms with E-state index in [4.69, 9.17) is 10.2 Å². The Labute approximate surface area is 253 Å². The van der Waals surface area contributed by atoms with Crippen molar-refractivity contribution >= 4 is 34.7 Å². The third-order valence-corrected chi connectivity index (χ3v) is 7.78. The van der Waals surface area contributed by atoms with E-state index in [0.29, 0.717) is 17.6 Å². The lowest BCUT2D eigenvalue weighted by molar-refractivity contribution is 0.266. The van der Waals surface area contributed by atoms with Crippen LogP contribution < -0.4 is 16.2 Å². The molecule has 2 fully saturated rings. The second-order valence-corrected chi connectivity index (χ2v) is 11.1. The maximum atomic E-state index is 4.73. The van der Waals surface area contributed by atoms with Crippen LogP contribution in [0.2, 0.25) is 0 Å². The Bertz CT molecular complexity index is 1400. The Hall–Kier alpha value is -4.60. The predicted octanol–water partition coefficient (Wildman–Crippen LogP) is 6.35. The molecular formula is C34H39N9. The van der Waals surface area contributed by atoms with Crippen LogP contribution in [0.3, 0.4) is 0 Å². The van der Waals surface area contributed by atoms with Gasteiger partial charge < -0.3 is 5.32 Å². The van der Waals surface area contributed by atoms with Gasteiger partial charge in [0.2, 0.25) is 5.95 Å². The Morgan fingerprint density at radius 3 is 1.56 bits per heavy atom. The molecule has 0 saturated carbocycles. The summed E-state index contributed by atoms with van der Waals surface area (Å²) >= 11 is 0. The normalized spacial score (nSPS) is 16.0. The highest BCUT2D eigenvalue weighted by Gasteiger charge is 2.17. The minimum atomic E-state index is 0.431. The first-order chi connectivity index (χ1) is 21.2. The Kier molecular flexibility index (Phi) is 9.64. The van der Waals surface area contributed by atoms with E-state index in [1.54, 1.807) is 0 Å². The number of likely N-dealkylation sites (tertiary alicyclic amines) is 2. The number of hydrogen-bond donors (Lipinski definition) is 3. The Balaban J connectivity index is 1.08. The van der Waals surface area contributed by atoms with Crippen molar-refractivity contribution in [3.63, 3.8) is 0 Å². The molecule has 43 heavy (non-hydrogen) atoms. The summed E-state index contributed by atoms with van der Waals surface area (Å²) in [6.07, 6.45) is 3.70. The number of benzene rings is 3. The van der Waals surface area contributed by atoms with E-state index in [0.717, 1.165) is 82.1 Å². The van der Waals surface area contributed by atoms with Crippen molar-refractivity contribution in [1.82, 2.24) is 19.8 Å². The molecule has 0 atom stereocenters. The van der Waals surface area contributed by atoms with Crippen molar-refractivity contribution in [2.24, 2.45) is 10.2 Å². The summed E-state index contributed by atoms with van der Waals surface area (Å²) in [5, 5.41) is 12.8. The number of hydrogen-bond acceptors (Lipinski definition) is 9. The first-order valence-electron chi connectivity index (χ1n) is 15.1. The number of nitrogens with zero attached hydrogens (tertiary/aromatic N) is 6. The van der Waals surface area contributed by atoms with Crippen molar-refractivity contribution in [2.45, 2.75) is 38.8 Å². The van der Waals surface area contributed by atoms with Gasteiger partial charge in [-0.15, -0.1) is 0 Å². The van der Waals surface area contributed by atoms with Crippen LogP contribution in [0.1, 0.15) is 36.8 Å². The van der Waals surface area contributed by atoms with Crippen LogP contribution in [0.25, 0.3) is 0 Å². The molecule has 0 unspecified atom stereocenters. The van der Waals surface area contributed by atoms with Crippen LogP contribution in [-0.2, 0) is 13.1 Å². The van der Waals surface area contributed by atoms with Gasteiger partial charge >= 0.3 is 0 Å². The molecular weight excluding hydrogens is 534 g/mol. The summed E-state index contributed by atoms with van der Waals surface area (Å²) < 4.78 is 0. The zero-order valence-corrected chi connectivity index (χ0v) is 24.5. The number of anilines is 4. The third kappa shape index (κ3) is 8.70. The third-order valence-electron chi connectivity index (χ3n) is 7.78. The predicted molar refractivity (Wildman–Crippen MR) is 176 cm³/mol. The lowest BCUT2D eigenvalue weighted by atomic mass is 10.1. The first-order valence-corrected chi connectivity index (χ1v) is 15.1. The fourth-order valence-electron chi connectivity index (χ4n) is 5.40. The van der Waals surface area contributed by atoms with Gasteiger partial charge in [-0.3, -0.25) is 15.2 Å². The van der Waals surface area contributed by atoms with Crippen LogP contribution in [0.4, 0.5) is 23.3 Å². The smallest absolute Gasteiger partial charge is 0.247 e. The van der Waals surface area contributed by atoms with Crippen molar-refractivity contribution in [3.05, 3.63) is 108 Å². The van der Waals surface area contributed by atoms with Gasteiger partial charge in [-0.2, -0.15) is 20.2 Å². The molecule has 2 saturated heterocycles. The summed E-state index contributed by atoms with van der Waals surface area (Å²) in [5.74, 6) is 1.72. The Morgan fingerprint density at radius 2 is 1.02 bits per heavy atom. The number of piperidine rings is 2. The molecule has 1 aromatic heterocycles. The quantitative estimate of drug-likeness (QED) is 0.190. The van der Waals surface area contributed by atoms with E-state index in [1.807, 2.05) is 36.4 Å². The molecule has 0 bridgehead atoms. The molecule has 2 aliphatic rings. The van der Waals surface area contributed by atoms with Gasteiger partial charge in [0.05, 0.1) is 0 Å². The molecule has 6 rings (SSSR count). The molecule has 3 N–H and O–H groups in total. The van der Waals surface area contributed by atoms with Crippen LogP contribution >= 0.6 is 0 Å². The van der Waals surface area contributed by atoms with Gasteiger partial charge in [0.1, 0.15) is 5.82 Å². The van der Waals surface area contributed by atoms with E-state index in [-0.39, 0.29) is 0 Å². The fraction of sp³-hybridized carbons (Fsp3) is 0.294. The molecule has 0 spiro atoms. The van der Waals surface area contributed by atoms with E-state index < -0.39 is 0 Å². The van der Waals surface area contributed by atoms with E-state index >= 15 is 0 Å². The second kappa shape index (κ2) is 14.5. The molecule has 0 amide bonds. The minimum absolute atomic E-state index is 0.431. The molecule has 9 nitrogen and oxygen atoms in total. The average Bonchev–Trinajstić information content (AvgIpc) is 3.06. The largest absolute Gasteiger partial charge is 0.340 e. The number of rotatable bonds is 10. The zero-order chi connectivity index (χ0) is 29.1. The standard InChI is InChI=1S/C34H39N9/c1-4-10-27(11-5-1)25-42-20-16-30(17-21-42)38-40-33-24-32(35-29-14-8-3-9-15-29)36-34(37-33)41-39-31-18-22-43(23-19-31)26-28-12-6-2-7-13-28/h1-15,24H,16-23,25-26H2,(H3,35,36,37,40,41). The van der Waals surface area contributed by atoms with Gasteiger partial charge in [-0.25, -0.2) is 5.43 Å². The highest BCUT2D eigenvalue weighted by molar-refractivity contribution is 5.86. The molecule has 9 heteroatoms. The molecule has 3 aromatic carbocycles. The van der Waals surface area contributed by atoms with Gasteiger partial charge in [0, 0.05) is 88.1 Å². The molecule has 2 aliphatic heterocycles. The number of aromatic nitrogens is 2. The molecule has 4 aromatic rings. The summed E-state index contributed by atoms with van der Waals surface area (Å²) in [7, 11) is 0. The van der Waals surface area contributed by atoms with Crippen molar-refractivity contribution in [2.75, 3.05) is 42.3 Å². The van der Waals surface area contributed by atoms with Crippen molar-refractivity contribution < 1.29 is 0 Å². The SMILES string of the molecule is c1ccc(CN2CCC(=NNc3cc(Nc4ccccc4)nc(NN=C4CCN(Cc5ccccc5)CC4)n3)CC2)cc1. The zero-order valence-electron chi connectivity index (χ0n) is 24.5. The summed E-state index contributed by atoms with van der Waals surface area (Å²) in [4.78, 5) is 14.3. The van der Waals surface area contributed by atoms with Gasteiger partial charge in [0.15, 0.2) is 5.82 Å². The van der Waals surface area contributed by atoms with Crippen LogP contribution in [0.5, 0.6) is 0 Å². The lowest BCUT2D eigenvalue weighted by Crippen LogP contribution is -2.33. The first kappa shape index (κ1) is 28.5. The highest BCUT2D eigenvalue weighted by Crippen LogP contribution is 2.20. The van der Waals surface area contributed by atoms with Crippen molar-refractivity contribution in [3.8, 4) is 0 Å². The molecule has 0 radical (unpaired) electrons. The lowest BCUT2D eigenvalue weighted by Gasteiger charge is -2.27. The number of hydrazone groups is 2. The highest BCUT2D eigenvalue weighted by atomic mass is 15.4. The average molecular weight is 574 g/mol. The van der Waals surface area contributed by atoms with E-state index in [1.165, 1.54) is 11.1 Å². The fourth-order valence-corrected chi connectivity index (χ4v) is 5.40. The maximum absolute atomic E-state index is 4.73. The minimum Gasteiger partial charge on any atom is -0.340 e. The van der Waals surface area contributed by atoms with E-state index in [9.17, 15) is 0 Å². The topological polar surface area (TPSA) is 93.1 Å². The summed E-state index contributed by atoms with van der Waals surface area (Å²) in [6, 6.07) is 33.1. The van der Waals surface area contributed by atoms with Gasteiger partial charge in [0.25, 0.3) is 0 Å². The monoisotopic (exact) mass is 573 g/mol.